The molecule has 146 valence electrons. The Bertz CT molecular complexity index is 761. The van der Waals surface area contributed by atoms with Crippen molar-refractivity contribution < 1.29 is 18.3 Å². The fourth-order valence-corrected chi connectivity index (χ4v) is 3.85. The number of benzene rings is 1. The van der Waals surface area contributed by atoms with Gasteiger partial charge in [0.15, 0.2) is 11.0 Å². The minimum atomic E-state index is -2.85. The summed E-state index contributed by atoms with van der Waals surface area (Å²) in [5, 5.41) is 12.0. The summed E-state index contributed by atoms with van der Waals surface area (Å²) in [4.78, 5) is 12.1. The first-order chi connectivity index (χ1) is 13.0. The minimum absolute atomic E-state index is 0.00458. The number of nitrogens with one attached hydrogen (secondary N) is 1. The van der Waals surface area contributed by atoms with Crippen molar-refractivity contribution >= 4 is 17.7 Å². The van der Waals surface area contributed by atoms with E-state index in [2.05, 4.69) is 20.3 Å². The van der Waals surface area contributed by atoms with Gasteiger partial charge < -0.3 is 14.6 Å². The smallest absolute Gasteiger partial charge is 0.387 e. The number of alkyl halides is 2. The van der Waals surface area contributed by atoms with Crippen LogP contribution >= 0.6 is 11.8 Å². The van der Waals surface area contributed by atoms with Gasteiger partial charge in [-0.25, -0.2) is 0 Å². The van der Waals surface area contributed by atoms with E-state index in [9.17, 15) is 13.6 Å². The predicted octanol–water partition coefficient (Wildman–Crippen LogP) is 3.62. The van der Waals surface area contributed by atoms with Gasteiger partial charge in [0.05, 0.1) is 5.75 Å². The average molecular weight is 396 g/mol. The average Bonchev–Trinajstić information content (AvgIpc) is 3.02. The number of rotatable bonds is 7. The molecule has 1 aliphatic rings. The van der Waals surface area contributed by atoms with Gasteiger partial charge in [0, 0.05) is 18.7 Å². The van der Waals surface area contributed by atoms with Gasteiger partial charge in [0.2, 0.25) is 5.91 Å². The molecule has 0 bridgehead atoms. The highest BCUT2D eigenvalue weighted by molar-refractivity contribution is 7.99. The number of amides is 1. The third-order valence-corrected chi connectivity index (χ3v) is 5.50. The van der Waals surface area contributed by atoms with Crippen molar-refractivity contribution in [1.29, 1.82) is 0 Å². The molecule has 1 N–H and O–H groups in total. The van der Waals surface area contributed by atoms with Crippen molar-refractivity contribution in [2.75, 3.05) is 5.75 Å². The maximum atomic E-state index is 12.2. The summed E-state index contributed by atoms with van der Waals surface area (Å²) in [7, 11) is 1.81. The van der Waals surface area contributed by atoms with E-state index in [1.165, 1.54) is 43.2 Å². The highest BCUT2D eigenvalue weighted by Gasteiger charge is 2.17. The SMILES string of the molecule is Cn1c(SCC(=O)NC2CCCCC2)nnc1-c1ccc(OC(F)F)cc1. The van der Waals surface area contributed by atoms with Crippen LogP contribution in [0.15, 0.2) is 29.4 Å². The second kappa shape index (κ2) is 9.16. The first-order valence-corrected chi connectivity index (χ1v) is 9.88. The maximum Gasteiger partial charge on any atom is 0.387 e. The van der Waals surface area contributed by atoms with Gasteiger partial charge in [-0.2, -0.15) is 8.78 Å². The van der Waals surface area contributed by atoms with Crippen LogP contribution in [-0.2, 0) is 11.8 Å². The molecule has 0 saturated heterocycles. The van der Waals surface area contributed by atoms with E-state index in [4.69, 9.17) is 0 Å². The van der Waals surface area contributed by atoms with Crippen molar-refractivity contribution in [1.82, 2.24) is 20.1 Å². The van der Waals surface area contributed by atoms with Crippen LogP contribution < -0.4 is 10.1 Å². The van der Waals surface area contributed by atoms with Crippen molar-refractivity contribution in [3.05, 3.63) is 24.3 Å². The molecule has 1 amide bonds. The molecular weight excluding hydrogens is 374 g/mol. The summed E-state index contributed by atoms with van der Waals surface area (Å²) in [6.07, 6.45) is 5.70. The topological polar surface area (TPSA) is 69.0 Å². The Morgan fingerprint density at radius 2 is 1.96 bits per heavy atom. The molecule has 1 aliphatic carbocycles. The van der Waals surface area contributed by atoms with Crippen LogP contribution in [0.2, 0.25) is 0 Å². The van der Waals surface area contributed by atoms with Crippen LogP contribution in [-0.4, -0.2) is 39.1 Å². The fourth-order valence-electron chi connectivity index (χ4n) is 3.12. The lowest BCUT2D eigenvalue weighted by Gasteiger charge is -2.22. The van der Waals surface area contributed by atoms with E-state index in [1.54, 1.807) is 23.7 Å². The predicted molar refractivity (Wildman–Crippen MR) is 98.8 cm³/mol. The van der Waals surface area contributed by atoms with E-state index in [0.717, 1.165) is 18.4 Å². The van der Waals surface area contributed by atoms with E-state index >= 15 is 0 Å². The zero-order valence-corrected chi connectivity index (χ0v) is 15.8. The highest BCUT2D eigenvalue weighted by atomic mass is 32.2. The Labute approximate surface area is 160 Å². The number of thioether (sulfide) groups is 1. The van der Waals surface area contributed by atoms with Gasteiger partial charge in [0.1, 0.15) is 5.75 Å². The summed E-state index contributed by atoms with van der Waals surface area (Å²) < 4.78 is 30.6. The molecular formula is C18H22F2N4O2S. The first kappa shape index (κ1) is 19.6. The lowest BCUT2D eigenvalue weighted by atomic mass is 9.95. The van der Waals surface area contributed by atoms with Gasteiger partial charge in [-0.05, 0) is 37.1 Å². The van der Waals surface area contributed by atoms with E-state index < -0.39 is 6.61 Å². The minimum Gasteiger partial charge on any atom is -0.435 e. The van der Waals surface area contributed by atoms with Gasteiger partial charge in [-0.1, -0.05) is 31.0 Å². The lowest BCUT2D eigenvalue weighted by Crippen LogP contribution is -2.37. The number of ether oxygens (including phenoxy) is 1. The number of carbonyl (C=O) groups excluding carboxylic acids is 1. The number of nitrogens with zero attached hydrogens (tertiary/aromatic N) is 3. The number of aromatic nitrogens is 3. The molecule has 1 fully saturated rings. The van der Waals surface area contributed by atoms with E-state index in [0.29, 0.717) is 11.0 Å². The fraction of sp³-hybridized carbons (Fsp3) is 0.500. The molecule has 3 rings (SSSR count). The molecule has 9 heteroatoms. The number of carbonyl (C=O) groups is 1. The van der Waals surface area contributed by atoms with Crippen LogP contribution in [0.1, 0.15) is 32.1 Å². The van der Waals surface area contributed by atoms with Crippen molar-refractivity contribution in [3.63, 3.8) is 0 Å². The first-order valence-electron chi connectivity index (χ1n) is 8.89. The highest BCUT2D eigenvalue weighted by Crippen LogP contribution is 2.25. The van der Waals surface area contributed by atoms with Gasteiger partial charge >= 0.3 is 6.61 Å². The maximum absolute atomic E-state index is 12.2. The third kappa shape index (κ3) is 5.41. The molecule has 0 unspecified atom stereocenters. The standard InChI is InChI=1S/C18H22F2N4O2S/c1-24-16(12-7-9-14(10-8-12)26-17(19)20)22-23-18(24)27-11-15(25)21-13-5-3-2-4-6-13/h7-10,13,17H,2-6,11H2,1H3,(H,21,25). The molecule has 0 radical (unpaired) electrons. The van der Waals surface area contributed by atoms with Crippen LogP contribution in [0.5, 0.6) is 5.75 Å². The molecule has 0 aliphatic heterocycles. The van der Waals surface area contributed by atoms with Crippen molar-refractivity contribution in [3.8, 4) is 17.1 Å². The largest absolute Gasteiger partial charge is 0.435 e. The zero-order chi connectivity index (χ0) is 19.2. The molecule has 0 spiro atoms. The molecule has 0 atom stereocenters. The Morgan fingerprint density at radius 1 is 1.26 bits per heavy atom. The second-order valence-corrected chi connectivity index (χ2v) is 7.40. The Hall–Kier alpha value is -2.16. The van der Waals surface area contributed by atoms with E-state index in [1.807, 2.05) is 0 Å². The summed E-state index contributed by atoms with van der Waals surface area (Å²) in [6, 6.07) is 6.50. The molecule has 27 heavy (non-hydrogen) atoms. The van der Waals surface area contributed by atoms with Crippen LogP contribution in [0.3, 0.4) is 0 Å². The molecule has 1 aromatic carbocycles. The number of halogens is 2. The summed E-state index contributed by atoms with van der Waals surface area (Å²) in [5.74, 6) is 0.965. The van der Waals surface area contributed by atoms with Gasteiger partial charge in [-0.3, -0.25) is 4.79 Å². The van der Waals surface area contributed by atoms with Crippen LogP contribution in [0, 0.1) is 0 Å². The lowest BCUT2D eigenvalue weighted by molar-refractivity contribution is -0.119. The Balaban J connectivity index is 1.57. The normalized spacial score (nSPS) is 15.1. The summed E-state index contributed by atoms with van der Waals surface area (Å²) in [5.41, 5.74) is 0.727. The van der Waals surface area contributed by atoms with Crippen molar-refractivity contribution in [2.45, 2.75) is 49.9 Å². The van der Waals surface area contributed by atoms with E-state index in [-0.39, 0.29) is 23.5 Å². The number of hydrogen-bond donors (Lipinski definition) is 1. The monoisotopic (exact) mass is 396 g/mol. The zero-order valence-electron chi connectivity index (χ0n) is 15.0. The Morgan fingerprint density at radius 3 is 2.63 bits per heavy atom. The molecule has 1 saturated carbocycles. The van der Waals surface area contributed by atoms with Crippen molar-refractivity contribution in [2.24, 2.45) is 7.05 Å². The van der Waals surface area contributed by atoms with Gasteiger partial charge in [-0.15, -0.1) is 10.2 Å². The summed E-state index contributed by atoms with van der Waals surface area (Å²) >= 11 is 1.32. The quantitative estimate of drug-likeness (QED) is 0.724. The van der Waals surface area contributed by atoms with Crippen LogP contribution in [0.4, 0.5) is 8.78 Å². The molecule has 1 aromatic heterocycles. The second-order valence-electron chi connectivity index (χ2n) is 6.46. The van der Waals surface area contributed by atoms with Crippen LogP contribution in [0.25, 0.3) is 11.4 Å². The van der Waals surface area contributed by atoms with Gasteiger partial charge in [0.25, 0.3) is 0 Å². The molecule has 1 heterocycles. The number of hydrogen-bond acceptors (Lipinski definition) is 5. The molecule has 6 nitrogen and oxygen atoms in total. The third-order valence-electron chi connectivity index (χ3n) is 4.48. The Kier molecular flexibility index (Phi) is 6.65. The summed E-state index contributed by atoms with van der Waals surface area (Å²) in [6.45, 7) is -2.85. The molecule has 2 aromatic rings.